The van der Waals surface area contributed by atoms with Crippen LogP contribution >= 0.6 is 0 Å². The molecule has 0 fully saturated rings. The third-order valence-corrected chi connectivity index (χ3v) is 2.68. The van der Waals surface area contributed by atoms with E-state index in [4.69, 9.17) is 10.5 Å². The molecule has 0 spiro atoms. The van der Waals surface area contributed by atoms with E-state index in [1.807, 2.05) is 12.1 Å². The maximum absolute atomic E-state index is 5.97. The van der Waals surface area contributed by atoms with Crippen molar-refractivity contribution in [2.75, 3.05) is 6.61 Å². The molecule has 1 atom stereocenters. The zero-order valence-electron chi connectivity index (χ0n) is 10.4. The molecule has 0 saturated carbocycles. The van der Waals surface area contributed by atoms with Crippen LogP contribution in [0.5, 0.6) is 5.75 Å². The summed E-state index contributed by atoms with van der Waals surface area (Å²) in [4.78, 5) is 0. The normalized spacial score (nSPS) is 12.4. The van der Waals surface area contributed by atoms with E-state index in [0.717, 1.165) is 18.6 Å². The molecule has 0 saturated heterocycles. The van der Waals surface area contributed by atoms with E-state index in [9.17, 15) is 0 Å². The van der Waals surface area contributed by atoms with Gasteiger partial charge >= 0.3 is 0 Å². The van der Waals surface area contributed by atoms with Crippen molar-refractivity contribution >= 4 is 0 Å². The number of rotatable bonds is 7. The predicted octanol–water partition coefficient (Wildman–Crippen LogP) is 3.28. The van der Waals surface area contributed by atoms with Crippen molar-refractivity contribution < 1.29 is 4.74 Å². The fourth-order valence-corrected chi connectivity index (χ4v) is 1.64. The average molecular weight is 221 g/mol. The van der Waals surface area contributed by atoms with Crippen molar-refractivity contribution in [1.29, 1.82) is 0 Å². The Morgan fingerprint density at radius 1 is 1.31 bits per heavy atom. The third kappa shape index (κ3) is 5.17. The molecule has 0 aliphatic heterocycles. The summed E-state index contributed by atoms with van der Waals surface area (Å²) in [5, 5.41) is 0. The quantitative estimate of drug-likeness (QED) is 0.767. The fraction of sp³-hybridized carbons (Fsp3) is 0.571. The highest BCUT2D eigenvalue weighted by Gasteiger charge is 2.02. The Morgan fingerprint density at radius 2 is 2.12 bits per heavy atom. The molecule has 0 aromatic heterocycles. The molecule has 0 bridgehead atoms. The van der Waals surface area contributed by atoms with Gasteiger partial charge in [-0.3, -0.25) is 0 Å². The maximum atomic E-state index is 5.97. The van der Waals surface area contributed by atoms with Crippen LogP contribution in [0.1, 0.15) is 38.2 Å². The summed E-state index contributed by atoms with van der Waals surface area (Å²) in [7, 11) is 0. The van der Waals surface area contributed by atoms with E-state index < -0.39 is 0 Å². The van der Waals surface area contributed by atoms with E-state index in [2.05, 4.69) is 26.0 Å². The number of aryl methyl sites for hydroxylation is 1. The molecule has 1 unspecified atom stereocenters. The van der Waals surface area contributed by atoms with Crippen LogP contribution in [0.2, 0.25) is 0 Å². The Kier molecular flexibility index (Phi) is 5.94. The van der Waals surface area contributed by atoms with Crippen molar-refractivity contribution in [3.63, 3.8) is 0 Å². The highest BCUT2D eigenvalue weighted by atomic mass is 16.5. The lowest BCUT2D eigenvalue weighted by atomic mass is 10.1. The molecule has 1 aromatic carbocycles. The second-order valence-corrected chi connectivity index (χ2v) is 4.36. The van der Waals surface area contributed by atoms with E-state index in [1.54, 1.807) is 0 Å². The van der Waals surface area contributed by atoms with E-state index in [1.165, 1.54) is 18.4 Å². The van der Waals surface area contributed by atoms with Gasteiger partial charge in [-0.25, -0.2) is 0 Å². The topological polar surface area (TPSA) is 35.2 Å². The highest BCUT2D eigenvalue weighted by molar-refractivity contribution is 5.27. The smallest absolute Gasteiger partial charge is 0.119 e. The molecule has 2 N–H and O–H groups in total. The zero-order valence-corrected chi connectivity index (χ0v) is 10.4. The summed E-state index contributed by atoms with van der Waals surface area (Å²) in [6.07, 6.45) is 4.47. The minimum atomic E-state index is 0.282. The summed E-state index contributed by atoms with van der Waals surface area (Å²) in [5.41, 5.74) is 7.20. The molecule has 0 aliphatic carbocycles. The number of hydrogen-bond donors (Lipinski definition) is 1. The van der Waals surface area contributed by atoms with Gasteiger partial charge in [0.05, 0.1) is 6.61 Å². The van der Waals surface area contributed by atoms with Gasteiger partial charge in [0.15, 0.2) is 0 Å². The fourth-order valence-electron chi connectivity index (χ4n) is 1.64. The lowest BCUT2D eigenvalue weighted by Crippen LogP contribution is -2.22. The second kappa shape index (κ2) is 7.29. The number of nitrogens with two attached hydrogens (primary N) is 1. The molecule has 0 radical (unpaired) electrons. The van der Waals surface area contributed by atoms with Crippen LogP contribution in [-0.2, 0) is 0 Å². The zero-order chi connectivity index (χ0) is 11.8. The van der Waals surface area contributed by atoms with E-state index in [0.29, 0.717) is 6.61 Å². The van der Waals surface area contributed by atoms with Gasteiger partial charge in [0, 0.05) is 6.04 Å². The van der Waals surface area contributed by atoms with Crippen LogP contribution in [0.3, 0.4) is 0 Å². The standard InChI is InChI=1S/C14H23NO/c1-3-4-7-13(15)9-10-16-14-8-5-6-12(2)11-14/h5-6,8,11,13H,3-4,7,9-10,15H2,1-2H3. The number of hydrogen-bond acceptors (Lipinski definition) is 2. The van der Waals surface area contributed by atoms with Gasteiger partial charge in [0.25, 0.3) is 0 Å². The second-order valence-electron chi connectivity index (χ2n) is 4.36. The monoisotopic (exact) mass is 221 g/mol. The summed E-state index contributed by atoms with van der Waals surface area (Å²) in [6.45, 7) is 4.98. The summed E-state index contributed by atoms with van der Waals surface area (Å²) >= 11 is 0. The van der Waals surface area contributed by atoms with E-state index in [-0.39, 0.29) is 6.04 Å². The first kappa shape index (κ1) is 13.0. The van der Waals surface area contributed by atoms with Gasteiger partial charge in [-0.2, -0.15) is 0 Å². The Morgan fingerprint density at radius 3 is 2.81 bits per heavy atom. The largest absolute Gasteiger partial charge is 0.494 e. The van der Waals surface area contributed by atoms with Crippen LogP contribution < -0.4 is 10.5 Å². The average Bonchev–Trinajstić information content (AvgIpc) is 2.26. The molecule has 0 aliphatic rings. The molecule has 1 rings (SSSR count). The summed E-state index contributed by atoms with van der Waals surface area (Å²) < 4.78 is 5.66. The van der Waals surface area contributed by atoms with Crippen LogP contribution in [-0.4, -0.2) is 12.6 Å². The lowest BCUT2D eigenvalue weighted by Gasteiger charge is -2.12. The number of benzene rings is 1. The third-order valence-electron chi connectivity index (χ3n) is 2.68. The van der Waals surface area contributed by atoms with Crippen molar-refractivity contribution in [3.8, 4) is 5.75 Å². The summed E-state index contributed by atoms with van der Waals surface area (Å²) in [5.74, 6) is 0.947. The Balaban J connectivity index is 2.20. The van der Waals surface area contributed by atoms with Crippen LogP contribution in [0.15, 0.2) is 24.3 Å². The molecule has 2 nitrogen and oxygen atoms in total. The first-order valence-corrected chi connectivity index (χ1v) is 6.17. The highest BCUT2D eigenvalue weighted by Crippen LogP contribution is 2.13. The Hall–Kier alpha value is -1.02. The van der Waals surface area contributed by atoms with Gasteiger partial charge in [-0.05, 0) is 37.5 Å². The van der Waals surface area contributed by atoms with Gasteiger partial charge in [-0.15, -0.1) is 0 Å². The Bertz CT molecular complexity index is 299. The molecule has 16 heavy (non-hydrogen) atoms. The first-order valence-electron chi connectivity index (χ1n) is 6.17. The molecule has 0 amide bonds. The SMILES string of the molecule is CCCCC(N)CCOc1cccc(C)c1. The predicted molar refractivity (Wildman–Crippen MR) is 68.8 cm³/mol. The summed E-state index contributed by atoms with van der Waals surface area (Å²) in [6, 6.07) is 8.41. The van der Waals surface area contributed by atoms with Crippen molar-refractivity contribution in [2.45, 2.75) is 45.6 Å². The van der Waals surface area contributed by atoms with Crippen LogP contribution in [0, 0.1) is 6.92 Å². The molecule has 1 aromatic rings. The van der Waals surface area contributed by atoms with Crippen molar-refractivity contribution in [3.05, 3.63) is 29.8 Å². The van der Waals surface area contributed by atoms with Crippen LogP contribution in [0.4, 0.5) is 0 Å². The molecular weight excluding hydrogens is 198 g/mol. The minimum Gasteiger partial charge on any atom is -0.494 e. The van der Waals surface area contributed by atoms with Crippen molar-refractivity contribution in [1.82, 2.24) is 0 Å². The van der Waals surface area contributed by atoms with Gasteiger partial charge < -0.3 is 10.5 Å². The van der Waals surface area contributed by atoms with Gasteiger partial charge in [0.2, 0.25) is 0 Å². The van der Waals surface area contributed by atoms with Gasteiger partial charge in [0.1, 0.15) is 5.75 Å². The van der Waals surface area contributed by atoms with Gasteiger partial charge in [-0.1, -0.05) is 31.9 Å². The van der Waals surface area contributed by atoms with E-state index >= 15 is 0 Å². The lowest BCUT2D eigenvalue weighted by molar-refractivity contribution is 0.293. The maximum Gasteiger partial charge on any atom is 0.119 e. The molecule has 90 valence electrons. The molecular formula is C14H23NO. The first-order chi connectivity index (χ1) is 7.72. The number of ether oxygens (including phenoxy) is 1. The number of unbranched alkanes of at least 4 members (excludes halogenated alkanes) is 1. The molecule has 0 heterocycles. The minimum absolute atomic E-state index is 0.282. The van der Waals surface area contributed by atoms with Crippen molar-refractivity contribution in [2.24, 2.45) is 5.73 Å². The molecule has 2 heteroatoms. The van der Waals surface area contributed by atoms with Crippen LogP contribution in [0.25, 0.3) is 0 Å². The Labute approximate surface area is 98.8 Å².